The largest absolute Gasteiger partial charge is 0.480 e. The molecule has 0 radical (unpaired) electrons. The van der Waals surface area contributed by atoms with E-state index in [9.17, 15) is 4.79 Å². The molecule has 1 aromatic rings. The first-order valence-electron chi connectivity index (χ1n) is 6.22. The molecule has 2 N–H and O–H groups in total. The van der Waals surface area contributed by atoms with Gasteiger partial charge in [0.25, 0.3) is 0 Å². The third-order valence-corrected chi connectivity index (χ3v) is 3.62. The fraction of sp³-hybridized carbons (Fsp3) is 0.615. The van der Waals surface area contributed by atoms with Crippen molar-refractivity contribution in [1.82, 2.24) is 5.32 Å². The molecule has 1 atom stereocenters. The summed E-state index contributed by atoms with van der Waals surface area (Å²) in [6, 6.07) is 3.60. The van der Waals surface area contributed by atoms with Gasteiger partial charge in [-0.15, -0.1) is 11.3 Å². The molecule has 0 fully saturated rings. The van der Waals surface area contributed by atoms with Gasteiger partial charge in [-0.2, -0.15) is 0 Å². The molecule has 1 aromatic heterocycles. The highest BCUT2D eigenvalue weighted by Crippen LogP contribution is 2.10. The summed E-state index contributed by atoms with van der Waals surface area (Å²) in [6.45, 7) is 2.81. The van der Waals surface area contributed by atoms with Gasteiger partial charge in [-0.25, -0.2) is 0 Å². The van der Waals surface area contributed by atoms with Gasteiger partial charge in [-0.05, 0) is 17.9 Å². The number of aliphatic carboxylic acids is 1. The van der Waals surface area contributed by atoms with Crippen molar-refractivity contribution in [3.63, 3.8) is 0 Å². The van der Waals surface area contributed by atoms with Crippen LogP contribution in [0.25, 0.3) is 0 Å². The summed E-state index contributed by atoms with van der Waals surface area (Å²) >= 11 is 1.65. The van der Waals surface area contributed by atoms with Crippen LogP contribution >= 0.6 is 11.3 Å². The molecule has 1 heterocycles. The van der Waals surface area contributed by atoms with E-state index < -0.39 is 12.0 Å². The molecule has 96 valence electrons. The van der Waals surface area contributed by atoms with Crippen molar-refractivity contribution in [2.45, 2.75) is 51.6 Å². The Bertz CT molecular complexity index is 311. The maximum absolute atomic E-state index is 11.1. The quantitative estimate of drug-likeness (QED) is 0.666. The van der Waals surface area contributed by atoms with Gasteiger partial charge in [0, 0.05) is 11.4 Å². The zero-order valence-corrected chi connectivity index (χ0v) is 11.1. The van der Waals surface area contributed by atoms with E-state index in [1.165, 1.54) is 17.7 Å². The molecule has 0 aliphatic rings. The highest BCUT2D eigenvalue weighted by molar-refractivity contribution is 7.09. The zero-order chi connectivity index (χ0) is 12.5. The summed E-state index contributed by atoms with van der Waals surface area (Å²) in [5.74, 6) is -0.738. The number of carboxylic acid groups (broad SMARTS) is 1. The molecule has 0 aliphatic heterocycles. The van der Waals surface area contributed by atoms with Gasteiger partial charge in [0.1, 0.15) is 6.04 Å². The Balaban J connectivity index is 2.25. The number of carboxylic acids is 1. The Morgan fingerprint density at radius 3 is 2.88 bits per heavy atom. The molecule has 1 rings (SSSR count). The second kappa shape index (κ2) is 8.25. The minimum Gasteiger partial charge on any atom is -0.480 e. The van der Waals surface area contributed by atoms with Crippen LogP contribution in [0.3, 0.4) is 0 Å². The second-order valence-corrected chi connectivity index (χ2v) is 5.23. The second-order valence-electron chi connectivity index (χ2n) is 4.20. The summed E-state index contributed by atoms with van der Waals surface area (Å²) < 4.78 is 0. The lowest BCUT2D eigenvalue weighted by Crippen LogP contribution is -2.35. The van der Waals surface area contributed by atoms with Crippen LogP contribution in [0.15, 0.2) is 17.5 Å². The minimum absolute atomic E-state index is 0.408. The standard InChI is InChI=1S/C13H21NO2S/c1-2-3-4-5-8-12(13(15)16)14-10-11-7-6-9-17-11/h6-7,9,12,14H,2-5,8,10H2,1H3,(H,15,16). The van der Waals surface area contributed by atoms with Crippen molar-refractivity contribution in [3.05, 3.63) is 22.4 Å². The maximum Gasteiger partial charge on any atom is 0.320 e. The zero-order valence-electron chi connectivity index (χ0n) is 10.3. The first-order chi connectivity index (χ1) is 8.24. The summed E-state index contributed by atoms with van der Waals surface area (Å²) in [5.41, 5.74) is 0. The summed E-state index contributed by atoms with van der Waals surface area (Å²) in [5, 5.41) is 14.2. The normalized spacial score (nSPS) is 12.5. The topological polar surface area (TPSA) is 49.3 Å². The smallest absolute Gasteiger partial charge is 0.320 e. The van der Waals surface area contributed by atoms with E-state index in [0.29, 0.717) is 6.54 Å². The molecular formula is C13H21NO2S. The van der Waals surface area contributed by atoms with Crippen molar-refractivity contribution in [1.29, 1.82) is 0 Å². The van der Waals surface area contributed by atoms with Crippen molar-refractivity contribution in [3.8, 4) is 0 Å². The molecule has 0 aliphatic carbocycles. The lowest BCUT2D eigenvalue weighted by molar-refractivity contribution is -0.139. The van der Waals surface area contributed by atoms with Crippen molar-refractivity contribution < 1.29 is 9.90 Å². The van der Waals surface area contributed by atoms with Crippen LogP contribution in [-0.4, -0.2) is 17.1 Å². The molecule has 0 bridgehead atoms. The molecule has 4 heteroatoms. The van der Waals surface area contributed by atoms with Crippen molar-refractivity contribution in [2.24, 2.45) is 0 Å². The van der Waals surface area contributed by atoms with Crippen LogP contribution in [0.1, 0.15) is 43.9 Å². The molecule has 1 unspecified atom stereocenters. The van der Waals surface area contributed by atoms with Crippen LogP contribution in [0.4, 0.5) is 0 Å². The Morgan fingerprint density at radius 2 is 2.29 bits per heavy atom. The lowest BCUT2D eigenvalue weighted by atomic mass is 10.1. The van der Waals surface area contributed by atoms with E-state index in [1.807, 2.05) is 17.5 Å². The molecule has 17 heavy (non-hydrogen) atoms. The van der Waals surface area contributed by atoms with Gasteiger partial charge in [0.15, 0.2) is 0 Å². The molecule has 0 spiro atoms. The predicted octanol–water partition coefficient (Wildman–Crippen LogP) is 3.26. The number of carbonyl (C=O) groups is 1. The van der Waals surface area contributed by atoms with Crippen LogP contribution in [0.2, 0.25) is 0 Å². The van der Waals surface area contributed by atoms with Gasteiger partial charge in [0.2, 0.25) is 0 Å². The fourth-order valence-corrected chi connectivity index (χ4v) is 2.38. The fourth-order valence-electron chi connectivity index (χ4n) is 1.73. The van der Waals surface area contributed by atoms with Gasteiger partial charge < -0.3 is 5.11 Å². The Kier molecular flexibility index (Phi) is 6.89. The number of nitrogens with one attached hydrogen (secondary N) is 1. The third-order valence-electron chi connectivity index (χ3n) is 2.75. The number of hydrogen-bond acceptors (Lipinski definition) is 3. The first kappa shape index (κ1) is 14.2. The van der Waals surface area contributed by atoms with Crippen LogP contribution in [-0.2, 0) is 11.3 Å². The third kappa shape index (κ3) is 5.84. The molecule has 0 saturated carbocycles. The maximum atomic E-state index is 11.1. The van der Waals surface area contributed by atoms with Crippen LogP contribution in [0.5, 0.6) is 0 Å². The van der Waals surface area contributed by atoms with E-state index in [2.05, 4.69) is 12.2 Å². The van der Waals surface area contributed by atoms with Gasteiger partial charge >= 0.3 is 5.97 Å². The number of thiophene rings is 1. The van der Waals surface area contributed by atoms with Crippen LogP contribution < -0.4 is 5.32 Å². The Labute approximate surface area is 107 Å². The highest BCUT2D eigenvalue weighted by Gasteiger charge is 2.15. The summed E-state index contributed by atoms with van der Waals surface area (Å²) in [4.78, 5) is 12.2. The van der Waals surface area contributed by atoms with Crippen molar-refractivity contribution >= 4 is 17.3 Å². The molecule has 0 aromatic carbocycles. The van der Waals surface area contributed by atoms with E-state index >= 15 is 0 Å². The summed E-state index contributed by atoms with van der Waals surface area (Å²) in [7, 11) is 0. The van der Waals surface area contributed by atoms with Gasteiger partial charge in [-0.3, -0.25) is 10.1 Å². The number of hydrogen-bond donors (Lipinski definition) is 2. The monoisotopic (exact) mass is 255 g/mol. The van der Waals surface area contributed by atoms with E-state index in [0.717, 1.165) is 19.3 Å². The van der Waals surface area contributed by atoms with E-state index in [1.54, 1.807) is 11.3 Å². The predicted molar refractivity (Wildman–Crippen MR) is 71.3 cm³/mol. The lowest BCUT2D eigenvalue weighted by Gasteiger charge is -2.13. The number of unbranched alkanes of at least 4 members (excludes halogenated alkanes) is 3. The van der Waals surface area contributed by atoms with Gasteiger partial charge in [-0.1, -0.05) is 38.7 Å². The van der Waals surface area contributed by atoms with E-state index in [4.69, 9.17) is 5.11 Å². The van der Waals surface area contributed by atoms with Crippen LogP contribution in [0, 0.1) is 0 Å². The first-order valence-corrected chi connectivity index (χ1v) is 7.10. The SMILES string of the molecule is CCCCCCC(NCc1cccs1)C(=O)O. The average Bonchev–Trinajstić information content (AvgIpc) is 2.80. The minimum atomic E-state index is -0.738. The summed E-state index contributed by atoms with van der Waals surface area (Å²) in [6.07, 6.45) is 5.21. The highest BCUT2D eigenvalue weighted by atomic mass is 32.1. The molecule has 3 nitrogen and oxygen atoms in total. The van der Waals surface area contributed by atoms with Gasteiger partial charge in [0.05, 0.1) is 0 Å². The molecular weight excluding hydrogens is 234 g/mol. The van der Waals surface area contributed by atoms with E-state index in [-0.39, 0.29) is 0 Å². The van der Waals surface area contributed by atoms with Crippen molar-refractivity contribution in [2.75, 3.05) is 0 Å². The molecule has 0 saturated heterocycles. The Hall–Kier alpha value is -0.870. The average molecular weight is 255 g/mol. The molecule has 0 amide bonds. The number of rotatable bonds is 9. The Morgan fingerprint density at radius 1 is 1.47 bits per heavy atom.